The number of hydrogen-bond donors (Lipinski definition) is 1. The summed E-state index contributed by atoms with van der Waals surface area (Å²) in [5.74, 6) is 0. The molecule has 0 aliphatic heterocycles. The van der Waals surface area contributed by atoms with Crippen LogP contribution in [0.5, 0.6) is 0 Å². The van der Waals surface area contributed by atoms with Crippen molar-refractivity contribution in [3.63, 3.8) is 0 Å². The van der Waals surface area contributed by atoms with Crippen LogP contribution in [0.2, 0.25) is 0 Å². The molecule has 0 radical (unpaired) electrons. The van der Waals surface area contributed by atoms with E-state index in [9.17, 15) is 0 Å². The highest BCUT2D eigenvalue weighted by molar-refractivity contribution is 4.74. The first-order chi connectivity index (χ1) is 5.33. The molecular formula is C11H25N. The van der Waals surface area contributed by atoms with Gasteiger partial charge in [0, 0.05) is 0 Å². The fourth-order valence-corrected chi connectivity index (χ4v) is 0.956. The van der Waals surface area contributed by atoms with E-state index in [0.717, 1.165) is 6.54 Å². The lowest BCUT2D eigenvalue weighted by Gasteiger charge is -2.29. The van der Waals surface area contributed by atoms with Gasteiger partial charge < -0.3 is 5.73 Å². The van der Waals surface area contributed by atoms with Crippen molar-refractivity contribution in [3.05, 3.63) is 0 Å². The molecule has 0 amide bonds. The molecule has 0 saturated carbocycles. The molecule has 0 spiro atoms. The predicted octanol–water partition coefficient (Wildman–Crippen LogP) is 3.19. The molecule has 0 rings (SSSR count). The fraction of sp³-hybridized carbons (Fsp3) is 1.00. The number of rotatable bonds is 5. The lowest BCUT2D eigenvalue weighted by atomic mass is 9.78. The summed E-state index contributed by atoms with van der Waals surface area (Å²) in [6.07, 6.45) is 3.78. The highest BCUT2D eigenvalue weighted by atomic mass is 14.6. The molecule has 74 valence electrons. The third-order valence-electron chi connectivity index (χ3n) is 2.99. The molecular weight excluding hydrogens is 146 g/mol. The molecule has 12 heavy (non-hydrogen) atoms. The van der Waals surface area contributed by atoms with Crippen molar-refractivity contribution in [1.82, 2.24) is 0 Å². The molecule has 0 aliphatic carbocycles. The van der Waals surface area contributed by atoms with E-state index in [1.807, 2.05) is 0 Å². The van der Waals surface area contributed by atoms with Gasteiger partial charge in [0.2, 0.25) is 0 Å². The topological polar surface area (TPSA) is 26.0 Å². The molecule has 0 heterocycles. The van der Waals surface area contributed by atoms with Crippen LogP contribution in [0.1, 0.15) is 53.9 Å². The maximum Gasteiger partial charge on any atom is -0.00258 e. The van der Waals surface area contributed by atoms with Gasteiger partial charge in [-0.3, -0.25) is 0 Å². The SMILES string of the molecule is CCC(C)(C)CCC(C)(C)CN. The Morgan fingerprint density at radius 3 is 1.67 bits per heavy atom. The smallest absolute Gasteiger partial charge is 0.00258 e. The Balaban J connectivity index is 3.82. The van der Waals surface area contributed by atoms with Crippen molar-refractivity contribution in [2.24, 2.45) is 16.6 Å². The summed E-state index contributed by atoms with van der Waals surface area (Å²) in [5, 5.41) is 0. The van der Waals surface area contributed by atoms with Gasteiger partial charge in [0.25, 0.3) is 0 Å². The quantitative estimate of drug-likeness (QED) is 0.675. The zero-order valence-corrected chi connectivity index (χ0v) is 9.41. The van der Waals surface area contributed by atoms with Crippen LogP contribution in [0.3, 0.4) is 0 Å². The molecule has 0 aromatic carbocycles. The maximum atomic E-state index is 5.68. The van der Waals surface area contributed by atoms with Crippen LogP contribution in [0.4, 0.5) is 0 Å². The van der Waals surface area contributed by atoms with E-state index in [1.54, 1.807) is 0 Å². The molecule has 0 aromatic rings. The third kappa shape index (κ3) is 4.76. The largest absolute Gasteiger partial charge is 0.330 e. The van der Waals surface area contributed by atoms with E-state index in [1.165, 1.54) is 19.3 Å². The monoisotopic (exact) mass is 171 g/mol. The van der Waals surface area contributed by atoms with Gasteiger partial charge in [-0.05, 0) is 30.2 Å². The number of nitrogens with two attached hydrogens (primary N) is 1. The molecule has 0 saturated heterocycles. The predicted molar refractivity (Wildman–Crippen MR) is 56.1 cm³/mol. The average molecular weight is 171 g/mol. The lowest BCUT2D eigenvalue weighted by molar-refractivity contribution is 0.239. The Morgan fingerprint density at radius 1 is 0.917 bits per heavy atom. The van der Waals surface area contributed by atoms with E-state index >= 15 is 0 Å². The summed E-state index contributed by atoms with van der Waals surface area (Å²) in [5.41, 5.74) is 6.50. The minimum absolute atomic E-state index is 0.326. The molecule has 1 nitrogen and oxygen atoms in total. The second-order valence-electron chi connectivity index (χ2n) is 5.39. The first-order valence-electron chi connectivity index (χ1n) is 5.03. The summed E-state index contributed by atoms with van der Waals surface area (Å²) in [7, 11) is 0. The summed E-state index contributed by atoms with van der Waals surface area (Å²) in [4.78, 5) is 0. The fourth-order valence-electron chi connectivity index (χ4n) is 0.956. The van der Waals surface area contributed by atoms with Crippen LogP contribution < -0.4 is 5.73 Å². The van der Waals surface area contributed by atoms with Gasteiger partial charge in [-0.1, -0.05) is 41.0 Å². The van der Waals surface area contributed by atoms with E-state index in [0.29, 0.717) is 10.8 Å². The highest BCUT2D eigenvalue weighted by Gasteiger charge is 2.21. The average Bonchev–Trinajstić information content (AvgIpc) is 2.02. The molecule has 0 atom stereocenters. The van der Waals surface area contributed by atoms with E-state index in [2.05, 4.69) is 34.6 Å². The van der Waals surface area contributed by atoms with E-state index in [4.69, 9.17) is 5.73 Å². The van der Waals surface area contributed by atoms with Crippen molar-refractivity contribution in [2.75, 3.05) is 6.54 Å². The van der Waals surface area contributed by atoms with Crippen LogP contribution in [0.25, 0.3) is 0 Å². The number of hydrogen-bond acceptors (Lipinski definition) is 1. The Hall–Kier alpha value is -0.0400. The molecule has 0 fully saturated rings. The van der Waals surface area contributed by atoms with E-state index in [-0.39, 0.29) is 0 Å². The molecule has 0 aromatic heterocycles. The normalized spacial score (nSPS) is 13.5. The minimum atomic E-state index is 0.326. The van der Waals surface area contributed by atoms with Gasteiger partial charge in [-0.15, -0.1) is 0 Å². The van der Waals surface area contributed by atoms with Gasteiger partial charge in [-0.2, -0.15) is 0 Å². The summed E-state index contributed by atoms with van der Waals surface area (Å²) in [6, 6.07) is 0. The summed E-state index contributed by atoms with van der Waals surface area (Å²) < 4.78 is 0. The summed E-state index contributed by atoms with van der Waals surface area (Å²) >= 11 is 0. The van der Waals surface area contributed by atoms with Crippen LogP contribution in [0.15, 0.2) is 0 Å². The molecule has 0 aliphatic rings. The zero-order chi connectivity index (χ0) is 9.83. The van der Waals surface area contributed by atoms with Crippen LogP contribution in [-0.4, -0.2) is 6.54 Å². The Labute approximate surface area is 77.7 Å². The van der Waals surface area contributed by atoms with Crippen LogP contribution >= 0.6 is 0 Å². The van der Waals surface area contributed by atoms with Crippen molar-refractivity contribution in [3.8, 4) is 0 Å². The summed E-state index contributed by atoms with van der Waals surface area (Å²) in [6.45, 7) is 12.2. The van der Waals surface area contributed by atoms with E-state index < -0.39 is 0 Å². The molecule has 0 unspecified atom stereocenters. The van der Waals surface area contributed by atoms with Gasteiger partial charge >= 0.3 is 0 Å². The highest BCUT2D eigenvalue weighted by Crippen LogP contribution is 2.32. The van der Waals surface area contributed by atoms with Crippen LogP contribution in [0, 0.1) is 10.8 Å². The Bertz CT molecular complexity index is 109. The maximum absolute atomic E-state index is 5.68. The van der Waals surface area contributed by atoms with Crippen LogP contribution in [-0.2, 0) is 0 Å². The van der Waals surface area contributed by atoms with Gasteiger partial charge in [0.1, 0.15) is 0 Å². The second-order valence-corrected chi connectivity index (χ2v) is 5.39. The third-order valence-corrected chi connectivity index (χ3v) is 2.99. The van der Waals surface area contributed by atoms with Gasteiger partial charge in [0.15, 0.2) is 0 Å². The first-order valence-corrected chi connectivity index (χ1v) is 5.03. The molecule has 0 bridgehead atoms. The van der Waals surface area contributed by atoms with Gasteiger partial charge in [0.05, 0.1) is 0 Å². The molecule has 2 N–H and O–H groups in total. The second kappa shape index (κ2) is 4.27. The minimum Gasteiger partial charge on any atom is -0.330 e. The first kappa shape index (κ1) is 12.0. The Morgan fingerprint density at radius 2 is 1.33 bits per heavy atom. The Kier molecular flexibility index (Phi) is 4.25. The standard InChI is InChI=1S/C11H25N/c1-6-10(2,3)7-8-11(4,5)9-12/h6-9,12H2,1-5H3. The van der Waals surface area contributed by atoms with Gasteiger partial charge in [-0.25, -0.2) is 0 Å². The van der Waals surface area contributed by atoms with Crippen molar-refractivity contribution >= 4 is 0 Å². The molecule has 1 heteroatoms. The zero-order valence-electron chi connectivity index (χ0n) is 9.41. The lowest BCUT2D eigenvalue weighted by Crippen LogP contribution is -2.25. The van der Waals surface area contributed by atoms with Crippen molar-refractivity contribution in [1.29, 1.82) is 0 Å². The van der Waals surface area contributed by atoms with Crippen molar-refractivity contribution < 1.29 is 0 Å². The van der Waals surface area contributed by atoms with Crippen molar-refractivity contribution in [2.45, 2.75) is 53.9 Å².